The van der Waals surface area contributed by atoms with E-state index in [1.54, 1.807) is 36.7 Å². The Hall–Kier alpha value is -4.00. The van der Waals surface area contributed by atoms with E-state index in [2.05, 4.69) is 16.0 Å². The van der Waals surface area contributed by atoms with Gasteiger partial charge >= 0.3 is 0 Å². The number of aliphatic hydroxyl groups is 1. The third kappa shape index (κ3) is 6.07. The molecule has 6 nitrogen and oxygen atoms in total. The van der Waals surface area contributed by atoms with Crippen LogP contribution < -0.4 is 5.73 Å². The molecule has 9 heteroatoms. The van der Waals surface area contributed by atoms with Crippen LogP contribution in [0.15, 0.2) is 67.0 Å². The maximum atomic E-state index is 14.1. The predicted octanol–water partition coefficient (Wildman–Crippen LogP) is 4.73. The molecule has 0 unspecified atom stereocenters. The van der Waals surface area contributed by atoms with Crippen molar-refractivity contribution in [2.75, 3.05) is 6.61 Å². The standard InChI is InChI=1S/C16H10F2N2OS.C9H10N2O/c17-10-6-4-9(5-7-10)13-8-20-16(22-13)14-11(15(19)21)2-1-3-12(14)18;10-7-8-3-1-5-11-9(8)4-2-6-12/h1-8H,(H2,19,21);1,3,5,12H,2,4,6H2. The molecule has 4 aromatic rings. The Balaban J connectivity index is 0.000000229. The Morgan fingerprint density at radius 3 is 2.53 bits per heavy atom. The number of thiazole rings is 1. The zero-order valence-corrected chi connectivity index (χ0v) is 18.7. The minimum Gasteiger partial charge on any atom is -0.396 e. The molecule has 2 aromatic carbocycles. The fraction of sp³-hybridized carbons (Fsp3) is 0.120. The van der Waals surface area contributed by atoms with Gasteiger partial charge in [0.2, 0.25) is 5.91 Å². The number of nitrogens with two attached hydrogens (primary N) is 1. The van der Waals surface area contributed by atoms with E-state index in [9.17, 15) is 13.6 Å². The van der Waals surface area contributed by atoms with Crippen LogP contribution in [0.1, 0.15) is 28.0 Å². The number of nitriles is 1. The van der Waals surface area contributed by atoms with E-state index in [4.69, 9.17) is 16.1 Å². The van der Waals surface area contributed by atoms with Crippen LogP contribution >= 0.6 is 11.3 Å². The number of hydrogen-bond acceptors (Lipinski definition) is 6. The molecule has 0 radical (unpaired) electrons. The number of aryl methyl sites for hydroxylation is 1. The first kappa shape index (κ1) is 24.6. The van der Waals surface area contributed by atoms with Crippen molar-refractivity contribution in [1.29, 1.82) is 5.26 Å². The Labute approximate surface area is 199 Å². The molecule has 0 bridgehead atoms. The largest absolute Gasteiger partial charge is 0.396 e. The van der Waals surface area contributed by atoms with E-state index in [-0.39, 0.29) is 23.6 Å². The molecule has 0 fully saturated rings. The summed E-state index contributed by atoms with van der Waals surface area (Å²) in [5.41, 5.74) is 7.60. The fourth-order valence-electron chi connectivity index (χ4n) is 3.07. The van der Waals surface area contributed by atoms with Crippen molar-refractivity contribution in [3.05, 3.63) is 95.4 Å². The molecule has 172 valence electrons. The SMILES string of the molecule is N#Cc1cccnc1CCCO.NC(=O)c1cccc(F)c1-c1ncc(-c2ccc(F)cc2)s1. The van der Waals surface area contributed by atoms with Gasteiger partial charge in [-0.1, -0.05) is 18.2 Å². The van der Waals surface area contributed by atoms with E-state index in [0.29, 0.717) is 23.4 Å². The van der Waals surface area contributed by atoms with Crippen molar-refractivity contribution in [1.82, 2.24) is 9.97 Å². The molecule has 2 aromatic heterocycles. The zero-order chi connectivity index (χ0) is 24.5. The van der Waals surface area contributed by atoms with Gasteiger partial charge in [0.25, 0.3) is 0 Å². The first-order valence-electron chi connectivity index (χ1n) is 10.2. The van der Waals surface area contributed by atoms with Crippen LogP contribution in [-0.4, -0.2) is 27.6 Å². The Morgan fingerprint density at radius 2 is 1.85 bits per heavy atom. The number of primary amides is 1. The van der Waals surface area contributed by atoms with Crippen LogP contribution in [0.2, 0.25) is 0 Å². The number of halogens is 2. The van der Waals surface area contributed by atoms with E-state index < -0.39 is 11.7 Å². The highest BCUT2D eigenvalue weighted by atomic mass is 32.1. The van der Waals surface area contributed by atoms with Gasteiger partial charge in [0, 0.05) is 19.0 Å². The summed E-state index contributed by atoms with van der Waals surface area (Å²) in [5.74, 6) is -1.61. The van der Waals surface area contributed by atoms with Crippen LogP contribution in [0.25, 0.3) is 21.0 Å². The topological polar surface area (TPSA) is 113 Å². The van der Waals surface area contributed by atoms with Crippen LogP contribution in [0.3, 0.4) is 0 Å². The maximum Gasteiger partial charge on any atom is 0.249 e. The minimum absolute atomic E-state index is 0.0833. The number of carbonyl (C=O) groups is 1. The lowest BCUT2D eigenvalue weighted by atomic mass is 10.1. The number of amides is 1. The number of pyridine rings is 1. The molecular formula is C25H20F2N4O2S. The van der Waals surface area contributed by atoms with Crippen molar-refractivity contribution in [3.8, 4) is 27.1 Å². The highest BCUT2D eigenvalue weighted by Gasteiger charge is 2.18. The number of benzene rings is 2. The smallest absolute Gasteiger partial charge is 0.249 e. The number of nitrogens with zero attached hydrogens (tertiary/aromatic N) is 3. The maximum absolute atomic E-state index is 14.1. The molecular weight excluding hydrogens is 458 g/mol. The molecule has 34 heavy (non-hydrogen) atoms. The Kier molecular flexibility index (Phi) is 8.51. The first-order chi connectivity index (χ1) is 16.4. The molecule has 0 aliphatic carbocycles. The van der Waals surface area contributed by atoms with Crippen molar-refractivity contribution >= 4 is 17.2 Å². The van der Waals surface area contributed by atoms with E-state index in [1.807, 2.05) is 0 Å². The van der Waals surface area contributed by atoms with Crippen molar-refractivity contribution in [3.63, 3.8) is 0 Å². The second-order valence-corrected chi connectivity index (χ2v) is 8.03. The summed E-state index contributed by atoms with van der Waals surface area (Å²) in [6, 6.07) is 15.6. The van der Waals surface area contributed by atoms with Crippen LogP contribution in [-0.2, 0) is 6.42 Å². The van der Waals surface area contributed by atoms with Crippen LogP contribution in [0.5, 0.6) is 0 Å². The average molecular weight is 479 g/mol. The number of rotatable bonds is 6. The lowest BCUT2D eigenvalue weighted by Crippen LogP contribution is -2.13. The lowest BCUT2D eigenvalue weighted by molar-refractivity contribution is 0.100. The number of aliphatic hydroxyl groups excluding tert-OH is 1. The van der Waals surface area contributed by atoms with E-state index in [1.165, 1.54) is 41.7 Å². The molecule has 2 heterocycles. The van der Waals surface area contributed by atoms with Gasteiger partial charge in [0.05, 0.1) is 27.3 Å². The molecule has 0 aliphatic rings. The normalized spacial score (nSPS) is 10.2. The highest BCUT2D eigenvalue weighted by Crippen LogP contribution is 2.35. The second kappa shape index (κ2) is 11.7. The summed E-state index contributed by atoms with van der Waals surface area (Å²) in [5, 5.41) is 17.6. The molecule has 4 rings (SSSR count). The lowest BCUT2D eigenvalue weighted by Gasteiger charge is -2.04. The van der Waals surface area contributed by atoms with Crippen LogP contribution in [0.4, 0.5) is 8.78 Å². The summed E-state index contributed by atoms with van der Waals surface area (Å²) >= 11 is 1.21. The number of hydrogen-bond donors (Lipinski definition) is 2. The van der Waals surface area contributed by atoms with Gasteiger partial charge in [-0.05, 0) is 54.8 Å². The summed E-state index contributed by atoms with van der Waals surface area (Å²) in [7, 11) is 0. The monoisotopic (exact) mass is 478 g/mol. The quantitative estimate of drug-likeness (QED) is 0.416. The van der Waals surface area contributed by atoms with Crippen LogP contribution in [0, 0.1) is 23.0 Å². The first-order valence-corrected chi connectivity index (χ1v) is 11.0. The van der Waals surface area contributed by atoms with Gasteiger partial charge in [-0.15, -0.1) is 11.3 Å². The molecule has 0 spiro atoms. The summed E-state index contributed by atoms with van der Waals surface area (Å²) in [6.07, 6.45) is 4.55. The Morgan fingerprint density at radius 1 is 1.09 bits per heavy atom. The summed E-state index contributed by atoms with van der Waals surface area (Å²) < 4.78 is 27.0. The van der Waals surface area contributed by atoms with Gasteiger partial charge in [0.1, 0.15) is 22.7 Å². The van der Waals surface area contributed by atoms with Gasteiger partial charge in [-0.25, -0.2) is 13.8 Å². The zero-order valence-electron chi connectivity index (χ0n) is 17.9. The average Bonchev–Trinajstić information content (AvgIpc) is 3.33. The van der Waals surface area contributed by atoms with Crippen molar-refractivity contribution in [2.24, 2.45) is 5.73 Å². The number of carbonyl (C=O) groups excluding carboxylic acids is 1. The number of aromatic nitrogens is 2. The Bertz CT molecular complexity index is 1320. The molecule has 0 saturated heterocycles. The molecule has 3 N–H and O–H groups in total. The molecule has 0 saturated carbocycles. The molecule has 0 aliphatic heterocycles. The van der Waals surface area contributed by atoms with Gasteiger partial charge in [0.15, 0.2) is 0 Å². The minimum atomic E-state index is -0.715. The predicted molar refractivity (Wildman–Crippen MR) is 126 cm³/mol. The van der Waals surface area contributed by atoms with Gasteiger partial charge in [-0.2, -0.15) is 5.26 Å². The van der Waals surface area contributed by atoms with E-state index in [0.717, 1.165) is 16.1 Å². The summed E-state index contributed by atoms with van der Waals surface area (Å²) in [4.78, 5) is 20.4. The molecule has 1 amide bonds. The van der Waals surface area contributed by atoms with E-state index >= 15 is 0 Å². The highest BCUT2D eigenvalue weighted by molar-refractivity contribution is 7.18. The van der Waals surface area contributed by atoms with Gasteiger partial charge in [-0.3, -0.25) is 9.78 Å². The third-order valence-corrected chi connectivity index (χ3v) is 5.77. The van der Waals surface area contributed by atoms with Gasteiger partial charge < -0.3 is 10.8 Å². The third-order valence-electron chi connectivity index (χ3n) is 4.71. The second-order valence-electron chi connectivity index (χ2n) is 7.00. The van der Waals surface area contributed by atoms with Crippen molar-refractivity contribution in [2.45, 2.75) is 12.8 Å². The summed E-state index contributed by atoms with van der Waals surface area (Å²) in [6.45, 7) is 0.140. The van der Waals surface area contributed by atoms with Crippen molar-refractivity contribution < 1.29 is 18.7 Å². The fourth-order valence-corrected chi connectivity index (χ4v) is 4.05. The molecule has 0 atom stereocenters.